The van der Waals surface area contributed by atoms with Crippen molar-refractivity contribution < 1.29 is 33.7 Å². The SMILES string of the molecule is CC(C)C[C@H](NC(=O)OCc1ccccc1)C(=O)N[C@H](Cc1ccc(OCc2ccccc2)c(OCc2ccccc2)c1)C(=O)O. The van der Waals surface area contributed by atoms with Crippen LogP contribution in [-0.4, -0.2) is 35.2 Å². The monoisotopic (exact) mass is 624 g/mol. The van der Waals surface area contributed by atoms with Crippen LogP contribution in [0.5, 0.6) is 11.5 Å². The van der Waals surface area contributed by atoms with E-state index in [4.69, 9.17) is 14.2 Å². The third kappa shape index (κ3) is 11.0. The first kappa shape index (κ1) is 33.6. The van der Waals surface area contributed by atoms with Gasteiger partial charge >= 0.3 is 12.1 Å². The molecule has 0 heterocycles. The van der Waals surface area contributed by atoms with E-state index in [-0.39, 0.29) is 25.6 Å². The first-order chi connectivity index (χ1) is 22.3. The normalized spacial score (nSPS) is 12.1. The van der Waals surface area contributed by atoms with Crippen LogP contribution >= 0.6 is 0 Å². The number of carbonyl (C=O) groups is 3. The van der Waals surface area contributed by atoms with Gasteiger partial charge in [0.1, 0.15) is 31.9 Å². The summed E-state index contributed by atoms with van der Waals surface area (Å²) in [5.74, 6) is -0.815. The van der Waals surface area contributed by atoms with Crippen molar-refractivity contribution in [2.75, 3.05) is 0 Å². The summed E-state index contributed by atoms with van der Waals surface area (Å²) in [7, 11) is 0. The maximum Gasteiger partial charge on any atom is 0.408 e. The fourth-order valence-corrected chi connectivity index (χ4v) is 4.70. The number of carboxylic acid groups (broad SMARTS) is 1. The number of amides is 2. The molecule has 0 unspecified atom stereocenters. The van der Waals surface area contributed by atoms with Gasteiger partial charge in [0.2, 0.25) is 5.91 Å². The smallest absolute Gasteiger partial charge is 0.408 e. The summed E-state index contributed by atoms with van der Waals surface area (Å²) >= 11 is 0. The molecule has 0 bridgehead atoms. The van der Waals surface area contributed by atoms with Crippen LogP contribution in [0, 0.1) is 5.92 Å². The second kappa shape index (κ2) is 17.2. The number of carbonyl (C=O) groups excluding carboxylic acids is 2. The Morgan fingerprint density at radius 3 is 1.67 bits per heavy atom. The second-order valence-corrected chi connectivity index (χ2v) is 11.3. The molecule has 9 nitrogen and oxygen atoms in total. The number of aliphatic carboxylic acids is 1. The number of nitrogens with one attached hydrogen (secondary N) is 2. The maximum atomic E-state index is 13.3. The van der Waals surface area contributed by atoms with Gasteiger partial charge in [0, 0.05) is 6.42 Å². The van der Waals surface area contributed by atoms with Crippen LogP contribution in [0.25, 0.3) is 0 Å². The highest BCUT2D eigenvalue weighted by atomic mass is 16.5. The Bertz CT molecular complexity index is 1550. The predicted octanol–water partition coefficient (Wildman–Crippen LogP) is 6.30. The van der Waals surface area contributed by atoms with Gasteiger partial charge in [0.15, 0.2) is 11.5 Å². The number of hydrogen-bond acceptors (Lipinski definition) is 6. The number of carboxylic acids is 1. The molecule has 4 aromatic rings. The van der Waals surface area contributed by atoms with E-state index in [1.165, 1.54) is 0 Å². The van der Waals surface area contributed by atoms with Crippen molar-refractivity contribution in [3.8, 4) is 11.5 Å². The molecular formula is C37H40N2O7. The molecule has 240 valence electrons. The molecule has 0 aliphatic rings. The summed E-state index contributed by atoms with van der Waals surface area (Å²) in [4.78, 5) is 38.2. The summed E-state index contributed by atoms with van der Waals surface area (Å²) in [6.45, 7) is 4.47. The average molecular weight is 625 g/mol. The van der Waals surface area contributed by atoms with E-state index in [9.17, 15) is 19.5 Å². The van der Waals surface area contributed by atoms with Crippen molar-refractivity contribution in [2.45, 2.75) is 58.6 Å². The number of ether oxygens (including phenoxy) is 3. The topological polar surface area (TPSA) is 123 Å². The maximum absolute atomic E-state index is 13.3. The van der Waals surface area contributed by atoms with Crippen LogP contribution in [0.3, 0.4) is 0 Å². The third-order valence-corrected chi connectivity index (χ3v) is 7.07. The van der Waals surface area contributed by atoms with Gasteiger partial charge in [-0.15, -0.1) is 0 Å². The highest BCUT2D eigenvalue weighted by molar-refractivity contribution is 5.89. The van der Waals surface area contributed by atoms with E-state index in [0.29, 0.717) is 30.1 Å². The fraction of sp³-hybridized carbons (Fsp3) is 0.270. The zero-order valence-corrected chi connectivity index (χ0v) is 26.1. The number of alkyl carbamates (subject to hydrolysis) is 1. The van der Waals surface area contributed by atoms with Crippen molar-refractivity contribution in [2.24, 2.45) is 5.92 Å². The van der Waals surface area contributed by atoms with Crippen LogP contribution in [0.2, 0.25) is 0 Å². The predicted molar refractivity (Wildman–Crippen MR) is 174 cm³/mol. The molecule has 4 rings (SSSR count). The van der Waals surface area contributed by atoms with Gasteiger partial charge < -0.3 is 30.0 Å². The van der Waals surface area contributed by atoms with Gasteiger partial charge in [0.05, 0.1) is 0 Å². The molecule has 3 N–H and O–H groups in total. The van der Waals surface area contributed by atoms with Crippen molar-refractivity contribution in [1.29, 1.82) is 0 Å². The van der Waals surface area contributed by atoms with Gasteiger partial charge in [-0.25, -0.2) is 9.59 Å². The highest BCUT2D eigenvalue weighted by Gasteiger charge is 2.28. The van der Waals surface area contributed by atoms with Gasteiger partial charge in [-0.1, -0.05) is 111 Å². The zero-order valence-electron chi connectivity index (χ0n) is 26.1. The Morgan fingerprint density at radius 1 is 0.630 bits per heavy atom. The van der Waals surface area contributed by atoms with Crippen molar-refractivity contribution in [3.05, 3.63) is 131 Å². The Kier molecular flexibility index (Phi) is 12.6. The Morgan fingerprint density at radius 2 is 1.15 bits per heavy atom. The van der Waals surface area contributed by atoms with E-state index in [0.717, 1.165) is 16.7 Å². The first-order valence-corrected chi connectivity index (χ1v) is 15.2. The van der Waals surface area contributed by atoms with E-state index >= 15 is 0 Å². The summed E-state index contributed by atoms with van der Waals surface area (Å²) in [6.07, 6.45) is -0.485. The first-order valence-electron chi connectivity index (χ1n) is 15.2. The Labute approximate surface area is 269 Å². The lowest BCUT2D eigenvalue weighted by atomic mass is 10.0. The summed E-state index contributed by atoms with van der Waals surface area (Å²) < 4.78 is 17.5. The van der Waals surface area contributed by atoms with Crippen LogP contribution in [0.15, 0.2) is 109 Å². The van der Waals surface area contributed by atoms with Gasteiger partial charge in [0.25, 0.3) is 0 Å². The zero-order chi connectivity index (χ0) is 32.7. The lowest BCUT2D eigenvalue weighted by molar-refractivity contribution is -0.142. The quantitative estimate of drug-likeness (QED) is 0.134. The lowest BCUT2D eigenvalue weighted by Crippen LogP contribution is -2.52. The standard InChI is InChI=1S/C37H40N2O7/c1-26(2)20-31(39-37(43)46-25-29-16-10-5-11-17-29)35(40)38-32(36(41)42)21-30-18-19-33(44-23-27-12-6-3-7-13-27)34(22-30)45-24-28-14-8-4-9-15-28/h3-19,22,26,31-32H,20-21,23-25H2,1-2H3,(H,38,40)(H,39,43)(H,41,42)/t31-,32+/m0/s1. The third-order valence-electron chi connectivity index (χ3n) is 7.07. The molecule has 0 spiro atoms. The molecule has 9 heteroatoms. The minimum absolute atomic E-state index is 0.0193. The fourth-order valence-electron chi connectivity index (χ4n) is 4.70. The van der Waals surface area contributed by atoms with Crippen molar-refractivity contribution >= 4 is 18.0 Å². The molecule has 0 aliphatic carbocycles. The van der Waals surface area contributed by atoms with Crippen LogP contribution in [0.4, 0.5) is 4.79 Å². The molecule has 0 aliphatic heterocycles. The van der Waals surface area contributed by atoms with Crippen LogP contribution in [0.1, 0.15) is 42.5 Å². The number of benzene rings is 4. The Hall–Kier alpha value is -5.31. The largest absolute Gasteiger partial charge is 0.485 e. The Balaban J connectivity index is 1.45. The lowest BCUT2D eigenvalue weighted by Gasteiger charge is -2.23. The molecule has 0 fully saturated rings. The minimum atomic E-state index is -1.26. The molecule has 0 radical (unpaired) electrons. The molecule has 46 heavy (non-hydrogen) atoms. The van der Waals surface area contributed by atoms with Gasteiger partial charge in [-0.3, -0.25) is 4.79 Å². The molecule has 0 aromatic heterocycles. The van der Waals surface area contributed by atoms with Crippen LogP contribution in [-0.2, 0) is 40.6 Å². The van der Waals surface area contributed by atoms with E-state index in [1.54, 1.807) is 18.2 Å². The molecule has 0 saturated carbocycles. The molecule has 2 atom stereocenters. The van der Waals surface area contributed by atoms with Gasteiger partial charge in [-0.2, -0.15) is 0 Å². The van der Waals surface area contributed by atoms with Crippen molar-refractivity contribution in [1.82, 2.24) is 10.6 Å². The summed E-state index contributed by atoms with van der Waals surface area (Å²) in [5, 5.41) is 15.3. The molecule has 4 aromatic carbocycles. The molecule has 2 amide bonds. The van der Waals surface area contributed by atoms with Crippen LogP contribution < -0.4 is 20.1 Å². The minimum Gasteiger partial charge on any atom is -0.485 e. The van der Waals surface area contributed by atoms with E-state index in [2.05, 4.69) is 10.6 Å². The summed E-state index contributed by atoms with van der Waals surface area (Å²) in [5.41, 5.74) is 3.38. The average Bonchev–Trinajstić information content (AvgIpc) is 3.06. The second-order valence-electron chi connectivity index (χ2n) is 11.3. The van der Waals surface area contributed by atoms with E-state index < -0.39 is 30.1 Å². The highest BCUT2D eigenvalue weighted by Crippen LogP contribution is 2.31. The van der Waals surface area contributed by atoms with E-state index in [1.807, 2.05) is 105 Å². The number of rotatable bonds is 16. The van der Waals surface area contributed by atoms with Crippen molar-refractivity contribution in [3.63, 3.8) is 0 Å². The van der Waals surface area contributed by atoms with Gasteiger partial charge in [-0.05, 0) is 46.7 Å². The molecule has 0 saturated heterocycles. The summed E-state index contributed by atoms with van der Waals surface area (Å²) in [6, 6.07) is 31.5. The number of hydrogen-bond donors (Lipinski definition) is 3. The molecular weight excluding hydrogens is 584 g/mol.